The highest BCUT2D eigenvalue weighted by Crippen LogP contribution is 2.31. The maximum Gasteiger partial charge on any atom is 0.0553 e. The lowest BCUT2D eigenvalue weighted by molar-refractivity contribution is 0.506. The SMILES string of the molecule is NNC(CCCc1ccccc1)c1cc2ccccc2s1. The normalized spacial score (nSPS) is 12.6. The van der Waals surface area contributed by atoms with Crippen molar-refractivity contribution in [2.45, 2.75) is 25.3 Å². The van der Waals surface area contributed by atoms with Gasteiger partial charge in [-0.3, -0.25) is 11.3 Å². The van der Waals surface area contributed by atoms with Crippen molar-refractivity contribution in [1.82, 2.24) is 5.43 Å². The third-order valence-corrected chi connectivity index (χ3v) is 5.02. The lowest BCUT2D eigenvalue weighted by Gasteiger charge is -2.13. The summed E-state index contributed by atoms with van der Waals surface area (Å²) in [4.78, 5) is 1.33. The third kappa shape index (κ3) is 3.50. The van der Waals surface area contributed by atoms with E-state index in [1.807, 2.05) is 11.3 Å². The van der Waals surface area contributed by atoms with Crippen molar-refractivity contribution in [2.75, 3.05) is 0 Å². The van der Waals surface area contributed by atoms with Crippen LogP contribution in [0.4, 0.5) is 0 Å². The van der Waals surface area contributed by atoms with Crippen molar-refractivity contribution >= 4 is 21.4 Å². The van der Waals surface area contributed by atoms with Gasteiger partial charge in [0.1, 0.15) is 0 Å². The molecule has 1 unspecified atom stereocenters. The molecule has 0 spiro atoms. The average molecular weight is 296 g/mol. The van der Waals surface area contributed by atoms with E-state index in [4.69, 9.17) is 5.84 Å². The van der Waals surface area contributed by atoms with Gasteiger partial charge in [-0.05, 0) is 42.3 Å². The fraction of sp³-hybridized carbons (Fsp3) is 0.222. The second kappa shape index (κ2) is 6.85. The minimum Gasteiger partial charge on any atom is -0.271 e. The molecular formula is C18H20N2S. The van der Waals surface area contributed by atoms with E-state index in [0.29, 0.717) is 0 Å². The predicted octanol–water partition coefficient (Wildman–Crippen LogP) is 4.43. The van der Waals surface area contributed by atoms with Gasteiger partial charge in [0, 0.05) is 9.58 Å². The van der Waals surface area contributed by atoms with Crippen molar-refractivity contribution in [3.63, 3.8) is 0 Å². The third-order valence-electron chi connectivity index (χ3n) is 3.79. The number of rotatable bonds is 6. The minimum atomic E-state index is 0.242. The van der Waals surface area contributed by atoms with Gasteiger partial charge in [0.25, 0.3) is 0 Å². The zero-order valence-corrected chi connectivity index (χ0v) is 12.8. The largest absolute Gasteiger partial charge is 0.271 e. The number of hydrazine groups is 1. The number of nitrogens with one attached hydrogen (secondary N) is 1. The Morgan fingerprint density at radius 3 is 2.52 bits per heavy atom. The first-order chi connectivity index (χ1) is 10.4. The average Bonchev–Trinajstić information content (AvgIpc) is 2.96. The van der Waals surface area contributed by atoms with E-state index in [9.17, 15) is 0 Å². The van der Waals surface area contributed by atoms with Crippen LogP contribution in [0.2, 0.25) is 0 Å². The number of thiophene rings is 1. The molecule has 0 aliphatic carbocycles. The van der Waals surface area contributed by atoms with Crippen LogP contribution in [0.3, 0.4) is 0 Å². The maximum atomic E-state index is 5.76. The van der Waals surface area contributed by atoms with Crippen LogP contribution in [0.25, 0.3) is 10.1 Å². The number of hydrogen-bond donors (Lipinski definition) is 2. The first kappa shape index (κ1) is 14.3. The summed E-state index contributed by atoms with van der Waals surface area (Å²) in [5.74, 6) is 5.76. The molecule has 3 heteroatoms. The summed E-state index contributed by atoms with van der Waals surface area (Å²) >= 11 is 1.83. The fourth-order valence-electron chi connectivity index (χ4n) is 2.64. The summed E-state index contributed by atoms with van der Waals surface area (Å²) in [5.41, 5.74) is 4.37. The lowest BCUT2D eigenvalue weighted by Crippen LogP contribution is -2.27. The molecule has 2 aromatic carbocycles. The van der Waals surface area contributed by atoms with Crippen LogP contribution >= 0.6 is 11.3 Å². The summed E-state index contributed by atoms with van der Waals surface area (Å²) in [6.45, 7) is 0. The molecule has 3 rings (SSSR count). The van der Waals surface area contributed by atoms with E-state index in [1.54, 1.807) is 0 Å². The summed E-state index contributed by atoms with van der Waals surface area (Å²) in [5, 5.41) is 1.31. The zero-order chi connectivity index (χ0) is 14.5. The van der Waals surface area contributed by atoms with Crippen molar-refractivity contribution in [3.8, 4) is 0 Å². The van der Waals surface area contributed by atoms with E-state index in [0.717, 1.165) is 19.3 Å². The van der Waals surface area contributed by atoms with Crippen LogP contribution in [0.5, 0.6) is 0 Å². The molecule has 1 heterocycles. The van der Waals surface area contributed by atoms with Gasteiger partial charge in [-0.25, -0.2) is 0 Å². The number of benzene rings is 2. The molecule has 21 heavy (non-hydrogen) atoms. The first-order valence-electron chi connectivity index (χ1n) is 7.35. The van der Waals surface area contributed by atoms with Gasteiger partial charge in [-0.2, -0.15) is 0 Å². The van der Waals surface area contributed by atoms with E-state index in [-0.39, 0.29) is 6.04 Å². The van der Waals surface area contributed by atoms with Crippen LogP contribution in [-0.4, -0.2) is 0 Å². The van der Waals surface area contributed by atoms with Crippen LogP contribution in [-0.2, 0) is 6.42 Å². The van der Waals surface area contributed by atoms with Gasteiger partial charge in [-0.1, -0.05) is 48.5 Å². The molecule has 0 saturated heterocycles. The fourth-order valence-corrected chi connectivity index (χ4v) is 3.80. The van der Waals surface area contributed by atoms with Gasteiger partial charge in [0.2, 0.25) is 0 Å². The smallest absolute Gasteiger partial charge is 0.0553 e. The first-order valence-corrected chi connectivity index (χ1v) is 8.17. The van der Waals surface area contributed by atoms with E-state index < -0.39 is 0 Å². The number of hydrogen-bond acceptors (Lipinski definition) is 3. The Bertz CT molecular complexity index is 658. The highest BCUT2D eigenvalue weighted by atomic mass is 32.1. The summed E-state index contributed by atoms with van der Waals surface area (Å²) in [7, 11) is 0. The number of fused-ring (bicyclic) bond motifs is 1. The number of nitrogens with two attached hydrogens (primary N) is 1. The molecule has 0 aliphatic rings. The molecule has 2 nitrogen and oxygen atoms in total. The van der Waals surface area contributed by atoms with Gasteiger partial charge < -0.3 is 0 Å². The van der Waals surface area contributed by atoms with E-state index in [1.165, 1.54) is 20.5 Å². The molecule has 0 fully saturated rings. The molecule has 0 radical (unpaired) electrons. The standard InChI is InChI=1S/C18H20N2S/c19-20-16(11-6-9-14-7-2-1-3-8-14)18-13-15-10-4-5-12-17(15)21-18/h1-5,7-8,10,12-13,16,20H,6,9,11,19H2. The van der Waals surface area contributed by atoms with Crippen LogP contribution < -0.4 is 11.3 Å². The highest BCUT2D eigenvalue weighted by molar-refractivity contribution is 7.19. The maximum absolute atomic E-state index is 5.76. The Kier molecular flexibility index (Phi) is 4.65. The summed E-state index contributed by atoms with van der Waals surface area (Å²) < 4.78 is 1.33. The molecular weight excluding hydrogens is 276 g/mol. The van der Waals surface area contributed by atoms with E-state index >= 15 is 0 Å². The Morgan fingerprint density at radius 2 is 1.76 bits per heavy atom. The molecule has 0 saturated carbocycles. The number of aryl methyl sites for hydroxylation is 1. The summed E-state index contributed by atoms with van der Waals surface area (Å²) in [6, 6.07) is 21.6. The van der Waals surface area contributed by atoms with Crippen molar-refractivity contribution in [3.05, 3.63) is 71.1 Å². The molecule has 3 aromatic rings. The lowest BCUT2D eigenvalue weighted by atomic mass is 10.0. The monoisotopic (exact) mass is 296 g/mol. The van der Waals surface area contributed by atoms with Crippen LogP contribution in [0, 0.1) is 0 Å². The molecule has 1 aromatic heterocycles. The molecule has 0 aliphatic heterocycles. The van der Waals surface area contributed by atoms with Gasteiger partial charge in [0.05, 0.1) is 6.04 Å². The van der Waals surface area contributed by atoms with Gasteiger partial charge >= 0.3 is 0 Å². The highest BCUT2D eigenvalue weighted by Gasteiger charge is 2.12. The summed E-state index contributed by atoms with van der Waals surface area (Å²) in [6.07, 6.45) is 3.29. The van der Waals surface area contributed by atoms with Crippen LogP contribution in [0.1, 0.15) is 29.3 Å². The van der Waals surface area contributed by atoms with Gasteiger partial charge in [0.15, 0.2) is 0 Å². The van der Waals surface area contributed by atoms with Crippen LogP contribution in [0.15, 0.2) is 60.7 Å². The second-order valence-corrected chi connectivity index (χ2v) is 6.40. The predicted molar refractivity (Wildman–Crippen MR) is 91.3 cm³/mol. The second-order valence-electron chi connectivity index (χ2n) is 5.28. The molecule has 0 bridgehead atoms. The Balaban J connectivity index is 1.64. The molecule has 0 amide bonds. The quantitative estimate of drug-likeness (QED) is 0.521. The Hall–Kier alpha value is -1.68. The minimum absolute atomic E-state index is 0.242. The Labute approximate surface area is 129 Å². The zero-order valence-electron chi connectivity index (χ0n) is 12.0. The van der Waals surface area contributed by atoms with Crippen molar-refractivity contribution in [2.24, 2.45) is 5.84 Å². The van der Waals surface area contributed by atoms with E-state index in [2.05, 4.69) is 66.1 Å². The molecule has 108 valence electrons. The van der Waals surface area contributed by atoms with Gasteiger partial charge in [-0.15, -0.1) is 11.3 Å². The molecule has 3 N–H and O–H groups in total. The van der Waals surface area contributed by atoms with Crippen molar-refractivity contribution in [1.29, 1.82) is 0 Å². The van der Waals surface area contributed by atoms with Crippen molar-refractivity contribution < 1.29 is 0 Å². The molecule has 1 atom stereocenters. The topological polar surface area (TPSA) is 38.0 Å². The Morgan fingerprint density at radius 1 is 1.00 bits per heavy atom.